The van der Waals surface area contributed by atoms with Gasteiger partial charge in [0.1, 0.15) is 5.82 Å². The van der Waals surface area contributed by atoms with Crippen molar-refractivity contribution in [3.05, 3.63) is 52.9 Å². The molecular weight excluding hydrogens is 363 g/mol. The van der Waals surface area contributed by atoms with Crippen molar-refractivity contribution in [1.82, 2.24) is 0 Å². The minimum Gasteiger partial charge on any atom is -0.393 e. The van der Waals surface area contributed by atoms with Gasteiger partial charge in [-0.2, -0.15) is 0 Å². The maximum Gasteiger partial charge on any atom is 0.165 e. The number of ketones is 1. The number of allylic oxidation sites excluding steroid dienone is 2. The molecule has 3 fully saturated rings. The minimum absolute atomic E-state index is 0.182. The van der Waals surface area contributed by atoms with Crippen molar-refractivity contribution >= 4 is 11.9 Å². The Hall–Kier alpha value is -1.74. The van der Waals surface area contributed by atoms with E-state index in [0.717, 1.165) is 56.1 Å². The molecular formula is C26H31FO2. The van der Waals surface area contributed by atoms with Crippen molar-refractivity contribution < 1.29 is 14.3 Å². The maximum atomic E-state index is 13.4. The highest BCUT2D eigenvalue weighted by molar-refractivity contribution is 6.05. The Kier molecular flexibility index (Phi) is 4.40. The molecule has 0 unspecified atom stereocenters. The van der Waals surface area contributed by atoms with E-state index >= 15 is 0 Å². The number of hydrogen-bond acceptors (Lipinski definition) is 2. The Balaban J connectivity index is 1.47. The summed E-state index contributed by atoms with van der Waals surface area (Å²) in [5.41, 5.74) is 3.22. The number of rotatable bonds is 1. The van der Waals surface area contributed by atoms with Gasteiger partial charge in [-0.05, 0) is 97.5 Å². The lowest BCUT2D eigenvalue weighted by Gasteiger charge is -2.56. The van der Waals surface area contributed by atoms with Crippen LogP contribution in [-0.4, -0.2) is 17.0 Å². The number of benzene rings is 1. The molecule has 1 aromatic carbocycles. The van der Waals surface area contributed by atoms with Crippen LogP contribution in [0.25, 0.3) is 6.08 Å². The van der Waals surface area contributed by atoms with Gasteiger partial charge in [0.05, 0.1) is 6.10 Å². The maximum absolute atomic E-state index is 13.4. The summed E-state index contributed by atoms with van der Waals surface area (Å²) in [7, 11) is 0. The van der Waals surface area contributed by atoms with Crippen molar-refractivity contribution in [2.75, 3.05) is 0 Å². The van der Waals surface area contributed by atoms with E-state index in [0.29, 0.717) is 23.5 Å². The quantitative estimate of drug-likeness (QED) is 0.489. The van der Waals surface area contributed by atoms with Crippen molar-refractivity contribution in [3.63, 3.8) is 0 Å². The molecule has 6 atom stereocenters. The van der Waals surface area contributed by atoms with Crippen LogP contribution < -0.4 is 0 Å². The smallest absolute Gasteiger partial charge is 0.165 e. The topological polar surface area (TPSA) is 37.3 Å². The molecule has 3 saturated carbocycles. The average molecular weight is 395 g/mol. The first-order valence-corrected chi connectivity index (χ1v) is 11.2. The first-order valence-electron chi connectivity index (χ1n) is 11.2. The molecule has 0 bridgehead atoms. The number of carbonyl (C=O) groups excluding carboxylic acids is 1. The van der Waals surface area contributed by atoms with Crippen LogP contribution in [0.15, 0.2) is 41.5 Å². The van der Waals surface area contributed by atoms with Crippen LogP contribution in [0.1, 0.15) is 64.4 Å². The Labute approximate surface area is 172 Å². The molecule has 0 radical (unpaired) electrons. The van der Waals surface area contributed by atoms with Crippen LogP contribution >= 0.6 is 0 Å². The van der Waals surface area contributed by atoms with Gasteiger partial charge in [0.25, 0.3) is 0 Å². The van der Waals surface area contributed by atoms with Gasteiger partial charge in [-0.25, -0.2) is 4.39 Å². The molecule has 4 aliphatic rings. The summed E-state index contributed by atoms with van der Waals surface area (Å²) in [6.07, 6.45) is 11.0. The van der Waals surface area contributed by atoms with Gasteiger partial charge in [0.2, 0.25) is 0 Å². The van der Waals surface area contributed by atoms with Gasteiger partial charge in [-0.15, -0.1) is 0 Å². The van der Waals surface area contributed by atoms with E-state index in [1.54, 1.807) is 12.1 Å². The van der Waals surface area contributed by atoms with Crippen molar-refractivity contribution in [3.8, 4) is 0 Å². The number of hydrogen-bond donors (Lipinski definition) is 1. The first kappa shape index (κ1) is 19.2. The second kappa shape index (κ2) is 6.63. The SMILES string of the molecule is C[C@]12CC[C@H]3[C@@H](CC=C4C[C@@H](O)CC[C@]43C)[C@H]1C/C(=C\c1ccc(F)cc1)C2=O. The van der Waals surface area contributed by atoms with Crippen LogP contribution in [0.4, 0.5) is 4.39 Å². The number of fused-ring (bicyclic) bond motifs is 5. The van der Waals surface area contributed by atoms with E-state index in [4.69, 9.17) is 0 Å². The lowest BCUT2D eigenvalue weighted by atomic mass is 9.48. The third kappa shape index (κ3) is 2.88. The second-order valence-electron chi connectivity index (χ2n) is 10.4. The average Bonchev–Trinajstić information content (AvgIpc) is 2.95. The summed E-state index contributed by atoms with van der Waals surface area (Å²) in [6, 6.07) is 6.43. The normalized spacial score (nSPS) is 42.8. The van der Waals surface area contributed by atoms with Gasteiger partial charge in [0, 0.05) is 5.41 Å². The molecule has 2 nitrogen and oxygen atoms in total. The van der Waals surface area contributed by atoms with Gasteiger partial charge in [0.15, 0.2) is 5.78 Å². The first-order chi connectivity index (χ1) is 13.8. The predicted molar refractivity (Wildman–Crippen MR) is 112 cm³/mol. The van der Waals surface area contributed by atoms with E-state index in [2.05, 4.69) is 19.9 Å². The Morgan fingerprint density at radius 2 is 1.76 bits per heavy atom. The molecule has 5 rings (SSSR count). The molecule has 1 aromatic rings. The summed E-state index contributed by atoms with van der Waals surface area (Å²) in [4.78, 5) is 13.4. The predicted octanol–water partition coefficient (Wildman–Crippen LogP) is 5.71. The van der Waals surface area contributed by atoms with E-state index < -0.39 is 0 Å². The monoisotopic (exact) mass is 394 g/mol. The van der Waals surface area contributed by atoms with Crippen molar-refractivity contribution in [2.45, 2.75) is 64.9 Å². The molecule has 3 heteroatoms. The fraction of sp³-hybridized carbons (Fsp3) is 0.577. The largest absolute Gasteiger partial charge is 0.393 e. The molecule has 1 N–H and O–H groups in total. The minimum atomic E-state index is -0.261. The summed E-state index contributed by atoms with van der Waals surface area (Å²) >= 11 is 0. The zero-order valence-corrected chi connectivity index (χ0v) is 17.5. The van der Waals surface area contributed by atoms with Crippen molar-refractivity contribution in [2.24, 2.45) is 28.6 Å². The van der Waals surface area contributed by atoms with E-state index in [1.165, 1.54) is 17.7 Å². The van der Waals surface area contributed by atoms with Gasteiger partial charge >= 0.3 is 0 Å². The van der Waals surface area contributed by atoms with E-state index in [-0.39, 0.29) is 22.8 Å². The molecule has 154 valence electrons. The van der Waals surface area contributed by atoms with E-state index in [1.807, 2.05) is 6.08 Å². The fourth-order valence-electron chi connectivity index (χ4n) is 7.20. The van der Waals surface area contributed by atoms with Crippen LogP contribution in [0.5, 0.6) is 0 Å². The van der Waals surface area contributed by atoms with Crippen LogP contribution in [0.2, 0.25) is 0 Å². The zero-order valence-electron chi connectivity index (χ0n) is 17.5. The molecule has 0 amide bonds. The summed E-state index contributed by atoms with van der Waals surface area (Å²) in [5, 5.41) is 10.2. The summed E-state index contributed by atoms with van der Waals surface area (Å²) < 4.78 is 13.3. The summed E-state index contributed by atoms with van der Waals surface area (Å²) in [6.45, 7) is 4.60. The molecule has 0 aromatic heterocycles. The zero-order chi connectivity index (χ0) is 20.4. The molecule has 0 saturated heterocycles. The molecule has 29 heavy (non-hydrogen) atoms. The lowest BCUT2D eigenvalue weighted by Crippen LogP contribution is -2.50. The number of aliphatic hydroxyl groups excluding tert-OH is 1. The van der Waals surface area contributed by atoms with Gasteiger partial charge in [-0.3, -0.25) is 4.79 Å². The Morgan fingerprint density at radius 1 is 1.03 bits per heavy atom. The summed E-state index contributed by atoms with van der Waals surface area (Å²) in [5.74, 6) is 1.61. The number of carbonyl (C=O) groups is 1. The fourth-order valence-corrected chi connectivity index (χ4v) is 7.20. The number of Topliss-reactive ketones (excluding diaryl/α,β-unsaturated/α-hetero) is 1. The van der Waals surface area contributed by atoms with Gasteiger partial charge in [-0.1, -0.05) is 37.6 Å². The third-order valence-electron chi connectivity index (χ3n) is 8.93. The standard InChI is InChI=1S/C26H31FO2/c1-25-11-9-20(28)15-18(25)5-8-21-22(25)10-12-26(2)23(21)14-17(24(26)29)13-16-3-6-19(27)7-4-16/h3-7,13,20-23,28H,8-12,14-15H2,1-2H3/b17-13+/t20-,21+,22-,23+,25+,26-/m0/s1. The molecule has 4 aliphatic carbocycles. The van der Waals surface area contributed by atoms with Crippen LogP contribution in [0.3, 0.4) is 0 Å². The highest BCUT2D eigenvalue weighted by Gasteiger charge is 2.59. The van der Waals surface area contributed by atoms with Gasteiger partial charge < -0.3 is 5.11 Å². The molecule has 0 aliphatic heterocycles. The Morgan fingerprint density at radius 3 is 2.52 bits per heavy atom. The molecule has 0 spiro atoms. The molecule has 0 heterocycles. The van der Waals surface area contributed by atoms with Crippen LogP contribution in [-0.2, 0) is 4.79 Å². The highest BCUT2D eigenvalue weighted by atomic mass is 19.1. The number of aliphatic hydroxyl groups is 1. The van der Waals surface area contributed by atoms with Crippen LogP contribution in [0, 0.1) is 34.4 Å². The van der Waals surface area contributed by atoms with E-state index in [9.17, 15) is 14.3 Å². The highest BCUT2D eigenvalue weighted by Crippen LogP contribution is 2.64. The number of halogens is 1. The third-order valence-corrected chi connectivity index (χ3v) is 8.93. The second-order valence-corrected chi connectivity index (χ2v) is 10.4. The lowest BCUT2D eigenvalue weighted by molar-refractivity contribution is -0.130. The Bertz CT molecular complexity index is 898. The van der Waals surface area contributed by atoms with Crippen molar-refractivity contribution in [1.29, 1.82) is 0 Å².